The highest BCUT2D eigenvalue weighted by Gasteiger charge is 2.53. The van der Waals surface area contributed by atoms with Gasteiger partial charge in [0.15, 0.2) is 0 Å². The average molecular weight is 921 g/mol. The minimum Gasteiger partial charge on any atom is -0.310 e. The van der Waals surface area contributed by atoms with Crippen molar-refractivity contribution in [2.45, 2.75) is 151 Å². The summed E-state index contributed by atoms with van der Waals surface area (Å²) in [6.45, 7) is 13.9. The summed E-state index contributed by atoms with van der Waals surface area (Å²) in [6, 6.07) is 43.9. The van der Waals surface area contributed by atoms with Crippen LogP contribution in [0.4, 0.5) is 34.1 Å². The molecule has 5 aliphatic carbocycles. The Morgan fingerprint density at radius 2 is 0.908 bits per heavy atom. The summed E-state index contributed by atoms with van der Waals surface area (Å²) in [5, 5.41) is 0.703. The average Bonchev–Trinajstić information content (AvgIpc) is 4.06. The molecule has 0 amide bonds. The summed E-state index contributed by atoms with van der Waals surface area (Å²) in [5.41, 5.74) is 14.6. The Morgan fingerprint density at radius 3 is 1.35 bits per heavy atom. The van der Waals surface area contributed by atoms with Gasteiger partial charge in [-0.15, -0.1) is 0 Å². The van der Waals surface area contributed by atoms with E-state index >= 15 is 0 Å². The third kappa shape index (κ3) is 8.33. The van der Waals surface area contributed by atoms with E-state index in [-0.39, 0.29) is 10.8 Å². The third-order valence-electron chi connectivity index (χ3n) is 18.2. The van der Waals surface area contributed by atoms with E-state index in [1.807, 2.05) is 0 Å². The van der Waals surface area contributed by atoms with Crippen LogP contribution in [0.2, 0.25) is 10.4 Å². The lowest BCUT2D eigenvalue weighted by Crippen LogP contribution is -2.29. The van der Waals surface area contributed by atoms with E-state index in [0.29, 0.717) is 28.2 Å². The number of benzene rings is 5. The summed E-state index contributed by atoms with van der Waals surface area (Å²) in [6.07, 6.45) is 14.8. The Labute approximate surface area is 405 Å². The topological polar surface area (TPSA) is 6.48 Å². The van der Waals surface area contributed by atoms with E-state index in [1.54, 1.807) is 0 Å². The van der Waals surface area contributed by atoms with Crippen LogP contribution in [0.3, 0.4) is 0 Å². The molecule has 5 fully saturated rings. The lowest BCUT2D eigenvalue weighted by atomic mass is 9.42. The number of fused-ring (bicyclic) bond motifs is 4. The molecule has 5 aromatic rings. The highest BCUT2D eigenvalue weighted by atomic mass is 79.9. The monoisotopic (exact) mass is 921 g/mol. The van der Waals surface area contributed by atoms with Crippen molar-refractivity contribution >= 4 is 81.4 Å². The van der Waals surface area contributed by atoms with Gasteiger partial charge in [-0.3, -0.25) is 0 Å². The summed E-state index contributed by atoms with van der Waals surface area (Å²) in [4.78, 5) is 5.12. The molecule has 2 nitrogen and oxygen atoms in total. The van der Waals surface area contributed by atoms with Crippen molar-refractivity contribution in [1.29, 1.82) is 0 Å². The number of anilines is 6. The number of halogens is 1. The Bertz CT molecular complexity index is 2430. The Morgan fingerprint density at radius 1 is 0.462 bits per heavy atom. The zero-order valence-electron chi connectivity index (χ0n) is 41.5. The van der Waals surface area contributed by atoms with Gasteiger partial charge in [0.2, 0.25) is 0 Å². The number of nitrogens with zero attached hydrogens (tertiary/aromatic N) is 2. The van der Waals surface area contributed by atoms with Gasteiger partial charge in [0, 0.05) is 32.9 Å². The van der Waals surface area contributed by atoms with E-state index in [0.717, 1.165) is 33.8 Å². The second-order valence-electron chi connectivity index (χ2n) is 24.8. The molecular weight excluding hydrogens is 848 g/mol. The molecule has 0 N–H and O–H groups in total. The second-order valence-corrected chi connectivity index (χ2v) is 25.7. The smallest absolute Gasteiger partial charge is 0.100 e. The van der Waals surface area contributed by atoms with Crippen LogP contribution in [0, 0.1) is 23.7 Å². The molecule has 0 heterocycles. The summed E-state index contributed by atoms with van der Waals surface area (Å²) >= 11 is 4.15. The van der Waals surface area contributed by atoms with Gasteiger partial charge in [0.05, 0.1) is 5.69 Å². The molecule has 0 radical (unpaired) electrons. The Hall–Kier alpha value is -3.56. The minimum atomic E-state index is 0.0418. The summed E-state index contributed by atoms with van der Waals surface area (Å²) in [7, 11) is 10.2. The van der Waals surface area contributed by atoms with Crippen LogP contribution in [-0.2, 0) is 10.8 Å². The van der Waals surface area contributed by atoms with Gasteiger partial charge in [-0.2, -0.15) is 0 Å². The molecule has 65 heavy (non-hydrogen) atoms. The first kappa shape index (κ1) is 45.2. The SMILES string of the molecule is BC1(B)C2CCC(C2)C1c1ccc(N(c2ccc(C3C4CCC(C4)C3(B)B)cc2)c2cc(C3CCCCC3)cc(N(c3ccc(C(C)(C)C)cc3)c3ccc(C(C)(C)C)cc3Br)c2)cc1. The van der Waals surface area contributed by atoms with Crippen molar-refractivity contribution in [3.63, 3.8) is 0 Å². The molecule has 0 spiro atoms. The van der Waals surface area contributed by atoms with E-state index in [2.05, 4.69) is 208 Å². The van der Waals surface area contributed by atoms with Crippen LogP contribution in [-0.4, -0.2) is 31.4 Å². The first-order chi connectivity index (χ1) is 30.9. The van der Waals surface area contributed by atoms with Gasteiger partial charge in [0.1, 0.15) is 31.4 Å². The fourth-order valence-electron chi connectivity index (χ4n) is 14.5. The van der Waals surface area contributed by atoms with E-state index in [4.69, 9.17) is 0 Å². The molecule has 0 saturated heterocycles. The predicted molar refractivity (Wildman–Crippen MR) is 293 cm³/mol. The Kier molecular flexibility index (Phi) is 11.8. The fourth-order valence-corrected chi connectivity index (χ4v) is 15.0. The standard InChI is InChI=1S/C58H73B4BrN2/c1-55(2,3)42-20-27-48(28-21-42)65(52-29-22-43(34-51(52)63)56(4,5)6)50-33-41(36-10-8-7-9-11-36)32-49(35-50)64(46-23-14-37(15-24-46)53-39-12-18-44(30-39)57(53,59)60)47-25-16-38(17-26-47)54-40-13-19-45(31-40)58(54,61)62/h14-17,20-29,32-36,39-40,44-45,53-54H,7-13,18-19,30-31,59-62H2,1-6H3. The van der Waals surface area contributed by atoms with Crippen LogP contribution < -0.4 is 9.80 Å². The highest BCUT2D eigenvalue weighted by molar-refractivity contribution is 9.10. The molecule has 334 valence electrons. The minimum absolute atomic E-state index is 0.0418. The van der Waals surface area contributed by atoms with Crippen LogP contribution >= 0.6 is 15.9 Å². The molecule has 10 rings (SSSR count). The molecule has 5 aliphatic rings. The van der Waals surface area contributed by atoms with E-state index in [1.165, 1.54) is 127 Å². The fraction of sp³-hybridized carbons (Fsp3) is 0.483. The van der Waals surface area contributed by atoms with Crippen molar-refractivity contribution in [3.8, 4) is 0 Å². The van der Waals surface area contributed by atoms with Crippen LogP contribution in [0.1, 0.15) is 158 Å². The van der Waals surface area contributed by atoms with Gasteiger partial charge in [0.25, 0.3) is 0 Å². The number of rotatable bonds is 9. The maximum atomic E-state index is 4.15. The van der Waals surface area contributed by atoms with Crippen molar-refractivity contribution in [1.82, 2.24) is 0 Å². The van der Waals surface area contributed by atoms with Crippen LogP contribution in [0.15, 0.2) is 114 Å². The molecule has 4 bridgehead atoms. The zero-order valence-corrected chi connectivity index (χ0v) is 43.1. The second kappa shape index (κ2) is 16.9. The first-order valence-electron chi connectivity index (χ1n) is 25.7. The third-order valence-corrected chi connectivity index (χ3v) is 18.8. The van der Waals surface area contributed by atoms with Gasteiger partial charge in [-0.25, -0.2) is 0 Å². The molecule has 0 aromatic heterocycles. The molecular formula is C58H73B4BrN2. The number of hydrogen-bond acceptors (Lipinski definition) is 2. The van der Waals surface area contributed by atoms with Crippen molar-refractivity contribution < 1.29 is 0 Å². The first-order valence-corrected chi connectivity index (χ1v) is 26.5. The van der Waals surface area contributed by atoms with Crippen LogP contribution in [0.5, 0.6) is 0 Å². The Balaban J connectivity index is 1.14. The summed E-state index contributed by atoms with van der Waals surface area (Å²) in [5.74, 6) is 5.14. The summed E-state index contributed by atoms with van der Waals surface area (Å²) < 4.78 is 1.12. The molecule has 5 saturated carbocycles. The molecule has 5 aromatic carbocycles. The van der Waals surface area contributed by atoms with E-state index in [9.17, 15) is 0 Å². The molecule has 0 aliphatic heterocycles. The van der Waals surface area contributed by atoms with Gasteiger partial charge in [-0.1, -0.05) is 127 Å². The van der Waals surface area contributed by atoms with E-state index < -0.39 is 0 Å². The van der Waals surface area contributed by atoms with Gasteiger partial charge in [-0.05, 0) is 201 Å². The van der Waals surface area contributed by atoms with Gasteiger partial charge < -0.3 is 9.80 Å². The normalized spacial score (nSPS) is 25.8. The lowest BCUT2D eigenvalue weighted by molar-refractivity contribution is 0.389. The van der Waals surface area contributed by atoms with Crippen molar-refractivity contribution in [3.05, 3.63) is 141 Å². The predicted octanol–water partition coefficient (Wildman–Crippen LogP) is 13.8. The zero-order chi connectivity index (χ0) is 45.6. The quantitative estimate of drug-likeness (QED) is 0.136. The molecule has 6 atom stereocenters. The van der Waals surface area contributed by atoms with Crippen LogP contribution in [0.25, 0.3) is 0 Å². The molecule has 6 unspecified atom stereocenters. The molecule has 7 heteroatoms. The number of hydrogen-bond donors (Lipinski definition) is 0. The van der Waals surface area contributed by atoms with Crippen molar-refractivity contribution in [2.75, 3.05) is 9.80 Å². The maximum absolute atomic E-state index is 4.15. The van der Waals surface area contributed by atoms with Gasteiger partial charge >= 0.3 is 0 Å². The largest absolute Gasteiger partial charge is 0.310 e. The highest BCUT2D eigenvalue weighted by Crippen LogP contribution is 2.66. The lowest BCUT2D eigenvalue weighted by Gasteiger charge is -2.39. The van der Waals surface area contributed by atoms with Crippen molar-refractivity contribution in [2.24, 2.45) is 23.7 Å². The maximum Gasteiger partial charge on any atom is 0.100 e.